The summed E-state index contributed by atoms with van der Waals surface area (Å²) in [5.74, 6) is -2.24. The van der Waals surface area contributed by atoms with E-state index in [0.29, 0.717) is 6.42 Å². The summed E-state index contributed by atoms with van der Waals surface area (Å²) in [7, 11) is 0. The van der Waals surface area contributed by atoms with Crippen LogP contribution in [-0.4, -0.2) is 35.7 Å². The fourth-order valence-corrected chi connectivity index (χ4v) is 5.19. The number of carbonyl (C=O) groups excluding carboxylic acids is 2. The fraction of sp³-hybridized carbons (Fsp3) is 0.914. The summed E-state index contributed by atoms with van der Waals surface area (Å²) in [5, 5.41) is 9.35. The van der Waals surface area contributed by atoms with E-state index < -0.39 is 30.6 Å². The molecule has 0 aromatic carbocycles. The summed E-state index contributed by atoms with van der Waals surface area (Å²) in [5.41, 5.74) is 0. The van der Waals surface area contributed by atoms with Gasteiger partial charge in [-0.25, -0.2) is 4.79 Å². The molecule has 242 valence electrons. The average Bonchev–Trinajstić information content (AvgIpc) is 2.95. The second-order valence-electron chi connectivity index (χ2n) is 12.0. The van der Waals surface area contributed by atoms with Crippen molar-refractivity contribution in [1.82, 2.24) is 0 Å². The fourth-order valence-electron chi connectivity index (χ4n) is 5.19. The van der Waals surface area contributed by atoms with Crippen molar-refractivity contribution in [3.8, 4) is 0 Å². The van der Waals surface area contributed by atoms with Gasteiger partial charge in [0.05, 0.1) is 0 Å². The molecule has 0 aromatic heterocycles. The molecule has 6 nitrogen and oxygen atoms in total. The molecule has 0 rings (SSSR count). The van der Waals surface area contributed by atoms with Crippen LogP contribution in [0.4, 0.5) is 0 Å². The molecule has 1 atom stereocenters. The van der Waals surface area contributed by atoms with Gasteiger partial charge in [-0.05, 0) is 12.8 Å². The molecule has 0 spiro atoms. The van der Waals surface area contributed by atoms with Gasteiger partial charge in [-0.3, -0.25) is 9.59 Å². The second kappa shape index (κ2) is 31.3. The van der Waals surface area contributed by atoms with Gasteiger partial charge in [0, 0.05) is 12.8 Å². The number of carbonyl (C=O) groups is 3. The van der Waals surface area contributed by atoms with E-state index in [9.17, 15) is 19.5 Å². The maximum Gasteiger partial charge on any atom is 0.348 e. The van der Waals surface area contributed by atoms with Gasteiger partial charge in [0.15, 0.2) is 0 Å². The lowest BCUT2D eigenvalue weighted by molar-refractivity contribution is -0.171. The number of esters is 2. The Labute approximate surface area is 253 Å². The topological polar surface area (TPSA) is 89.9 Å². The van der Waals surface area contributed by atoms with E-state index in [2.05, 4.69) is 13.8 Å². The normalized spacial score (nSPS) is 11.9. The van der Waals surface area contributed by atoms with Gasteiger partial charge < -0.3 is 14.6 Å². The molecule has 0 aliphatic heterocycles. The number of aliphatic carboxylic acids is 1. The predicted octanol–water partition coefficient (Wildman–Crippen LogP) is 10.5. The van der Waals surface area contributed by atoms with Gasteiger partial charge in [-0.15, -0.1) is 0 Å². The number of hydrogen-bond acceptors (Lipinski definition) is 5. The van der Waals surface area contributed by atoms with Gasteiger partial charge >= 0.3 is 17.9 Å². The molecular formula is C35H66O6. The third-order valence-corrected chi connectivity index (χ3v) is 7.91. The monoisotopic (exact) mass is 582 g/mol. The van der Waals surface area contributed by atoms with Gasteiger partial charge in [0.25, 0.3) is 0 Å². The first-order chi connectivity index (χ1) is 20.0. The highest BCUT2D eigenvalue weighted by atomic mass is 16.6. The van der Waals surface area contributed by atoms with Crippen molar-refractivity contribution in [3.05, 3.63) is 0 Å². The maximum atomic E-state index is 12.1. The van der Waals surface area contributed by atoms with Gasteiger partial charge in [0.1, 0.15) is 6.61 Å². The van der Waals surface area contributed by atoms with Crippen LogP contribution in [0.3, 0.4) is 0 Å². The highest BCUT2D eigenvalue weighted by Gasteiger charge is 2.24. The van der Waals surface area contributed by atoms with Crippen molar-refractivity contribution in [1.29, 1.82) is 0 Å². The third kappa shape index (κ3) is 29.7. The Bertz CT molecular complexity index is 605. The van der Waals surface area contributed by atoms with Gasteiger partial charge in [0.2, 0.25) is 6.10 Å². The van der Waals surface area contributed by atoms with E-state index in [4.69, 9.17) is 9.47 Å². The van der Waals surface area contributed by atoms with E-state index in [0.717, 1.165) is 32.1 Å². The average molecular weight is 583 g/mol. The Morgan fingerprint density at radius 3 is 1.07 bits per heavy atom. The van der Waals surface area contributed by atoms with Crippen LogP contribution >= 0.6 is 0 Å². The van der Waals surface area contributed by atoms with E-state index in [-0.39, 0.29) is 12.8 Å². The van der Waals surface area contributed by atoms with E-state index in [1.54, 1.807) is 0 Å². The molecule has 0 saturated carbocycles. The molecule has 0 radical (unpaired) electrons. The van der Waals surface area contributed by atoms with Gasteiger partial charge in [-0.2, -0.15) is 0 Å². The summed E-state index contributed by atoms with van der Waals surface area (Å²) >= 11 is 0. The SMILES string of the molecule is CCCCCCCCCCCCCCCC(=O)OCC(OC(=O)CCCCCCCCCCCCCCC)C(=O)O. The highest BCUT2D eigenvalue weighted by molar-refractivity contribution is 5.78. The molecule has 0 aliphatic rings. The van der Waals surface area contributed by atoms with Crippen LogP contribution in [0, 0.1) is 0 Å². The first-order valence-electron chi connectivity index (χ1n) is 17.6. The summed E-state index contributed by atoms with van der Waals surface area (Å²) in [6.07, 6.45) is 30.9. The van der Waals surface area contributed by atoms with Crippen LogP contribution in [0.2, 0.25) is 0 Å². The Morgan fingerprint density at radius 2 is 0.756 bits per heavy atom. The minimum Gasteiger partial charge on any atom is -0.478 e. The Kier molecular flexibility index (Phi) is 30.1. The van der Waals surface area contributed by atoms with Crippen LogP contribution in [0.15, 0.2) is 0 Å². The standard InChI is InChI=1S/C35H66O6/c1-3-5-7-9-11-13-15-17-19-21-23-25-27-29-33(36)40-31-32(35(38)39)41-34(37)30-28-26-24-22-20-18-16-14-12-10-8-6-4-2/h32H,3-31H2,1-2H3,(H,38,39). The summed E-state index contributed by atoms with van der Waals surface area (Å²) in [6.45, 7) is 4.08. The number of unbranched alkanes of at least 4 members (excludes halogenated alkanes) is 24. The zero-order chi connectivity index (χ0) is 30.2. The molecule has 1 unspecified atom stereocenters. The summed E-state index contributed by atoms with van der Waals surface area (Å²) < 4.78 is 10.2. The Hall–Kier alpha value is -1.59. The highest BCUT2D eigenvalue weighted by Crippen LogP contribution is 2.15. The molecule has 0 amide bonds. The van der Waals surface area contributed by atoms with Crippen LogP contribution in [0.1, 0.15) is 194 Å². The maximum absolute atomic E-state index is 12.1. The first kappa shape index (κ1) is 39.4. The molecule has 1 N–H and O–H groups in total. The zero-order valence-corrected chi connectivity index (χ0v) is 27.1. The molecule has 0 saturated heterocycles. The summed E-state index contributed by atoms with van der Waals surface area (Å²) in [4.78, 5) is 35.6. The quantitative estimate of drug-likeness (QED) is 0.0627. The van der Waals surface area contributed by atoms with Crippen LogP contribution in [0.5, 0.6) is 0 Å². The molecule has 0 fully saturated rings. The van der Waals surface area contributed by atoms with E-state index in [1.807, 2.05) is 0 Å². The lowest BCUT2D eigenvalue weighted by Gasteiger charge is -2.14. The first-order valence-corrected chi connectivity index (χ1v) is 17.6. The lowest BCUT2D eigenvalue weighted by Crippen LogP contribution is -2.32. The zero-order valence-electron chi connectivity index (χ0n) is 27.1. The second-order valence-corrected chi connectivity index (χ2v) is 12.0. The van der Waals surface area contributed by atoms with Crippen molar-refractivity contribution in [3.63, 3.8) is 0 Å². The molecule has 0 aromatic rings. The van der Waals surface area contributed by atoms with Crippen LogP contribution < -0.4 is 0 Å². The Morgan fingerprint density at radius 1 is 0.463 bits per heavy atom. The molecule has 0 heterocycles. The lowest BCUT2D eigenvalue weighted by atomic mass is 10.0. The van der Waals surface area contributed by atoms with Crippen molar-refractivity contribution >= 4 is 17.9 Å². The van der Waals surface area contributed by atoms with Crippen molar-refractivity contribution in [2.75, 3.05) is 6.61 Å². The molecule has 6 heteroatoms. The number of ether oxygens (including phenoxy) is 2. The largest absolute Gasteiger partial charge is 0.478 e. The van der Waals surface area contributed by atoms with E-state index >= 15 is 0 Å². The number of carboxylic acids is 1. The molecule has 0 bridgehead atoms. The number of rotatable bonds is 32. The Balaban J connectivity index is 3.66. The molecule has 0 aliphatic carbocycles. The van der Waals surface area contributed by atoms with Crippen molar-refractivity contribution < 1.29 is 29.0 Å². The van der Waals surface area contributed by atoms with Crippen LogP contribution in [0.25, 0.3) is 0 Å². The number of carboxylic acid groups (broad SMARTS) is 1. The van der Waals surface area contributed by atoms with Crippen molar-refractivity contribution in [2.24, 2.45) is 0 Å². The van der Waals surface area contributed by atoms with Crippen LogP contribution in [-0.2, 0) is 23.9 Å². The number of hydrogen-bond donors (Lipinski definition) is 1. The minimum atomic E-state index is -1.43. The third-order valence-electron chi connectivity index (χ3n) is 7.91. The minimum absolute atomic E-state index is 0.203. The predicted molar refractivity (Wildman–Crippen MR) is 169 cm³/mol. The van der Waals surface area contributed by atoms with E-state index in [1.165, 1.54) is 128 Å². The summed E-state index contributed by atoms with van der Waals surface area (Å²) in [6, 6.07) is 0. The smallest absolute Gasteiger partial charge is 0.348 e. The van der Waals surface area contributed by atoms with Gasteiger partial charge in [-0.1, -0.05) is 168 Å². The molecule has 41 heavy (non-hydrogen) atoms. The molecular weight excluding hydrogens is 516 g/mol. The van der Waals surface area contributed by atoms with Crippen molar-refractivity contribution in [2.45, 2.75) is 200 Å².